The van der Waals surface area contributed by atoms with Gasteiger partial charge in [0, 0.05) is 0 Å². The van der Waals surface area contributed by atoms with E-state index in [2.05, 4.69) is 18.8 Å². The third-order valence-corrected chi connectivity index (χ3v) is 3.94. The van der Waals surface area contributed by atoms with Gasteiger partial charge in [-0.15, -0.1) is 0 Å². The summed E-state index contributed by atoms with van der Waals surface area (Å²) in [6.45, 7) is 2.21. The largest absolute Gasteiger partial charge is 1.00 e. The molecule has 4 heteroatoms. The van der Waals surface area contributed by atoms with Gasteiger partial charge in [0.1, 0.15) is 0 Å². The van der Waals surface area contributed by atoms with Crippen molar-refractivity contribution in [3.63, 3.8) is 0 Å². The van der Waals surface area contributed by atoms with Crippen LogP contribution in [0.3, 0.4) is 0 Å². The number of hydrogen-bond donors (Lipinski definition) is 0. The zero-order valence-electron chi connectivity index (χ0n) is 4.91. The van der Waals surface area contributed by atoms with Gasteiger partial charge < -0.3 is 24.8 Å². The van der Waals surface area contributed by atoms with E-state index in [-0.39, 0.29) is 24.8 Å². The van der Waals surface area contributed by atoms with Gasteiger partial charge in [-0.1, -0.05) is 0 Å². The van der Waals surface area contributed by atoms with E-state index in [1.165, 1.54) is 0 Å². The third-order valence-electron chi connectivity index (χ3n) is 0.954. The van der Waals surface area contributed by atoms with E-state index in [4.69, 9.17) is 0 Å². The molecule has 0 radical (unpaired) electrons. The van der Waals surface area contributed by atoms with Crippen LogP contribution < -0.4 is 28.1 Å². The molecule has 0 aliphatic carbocycles. The van der Waals surface area contributed by atoms with Crippen molar-refractivity contribution < 1.29 is 49.5 Å². The number of halogens is 2. The second-order valence-corrected chi connectivity index (χ2v) is 4.21. The minimum Gasteiger partial charge on any atom is -1.00 e. The van der Waals surface area contributed by atoms with Gasteiger partial charge >= 0.3 is 60.3 Å². The Kier molecular flexibility index (Phi) is 8.57. The Morgan fingerprint density at radius 2 is 2.00 bits per heavy atom. The molecule has 1 aromatic rings. The van der Waals surface area contributed by atoms with E-state index < -0.39 is 0 Å². The molecule has 0 aliphatic heterocycles. The van der Waals surface area contributed by atoms with Gasteiger partial charge in [-0.2, -0.15) is 0 Å². The molecule has 1 atom stereocenters. The van der Waals surface area contributed by atoms with Gasteiger partial charge in [-0.3, -0.25) is 0 Å². The summed E-state index contributed by atoms with van der Waals surface area (Å²) in [5.74, 6) is 2.25. The quantitative estimate of drug-likeness (QED) is 0.439. The molecule has 9 heavy (non-hydrogen) atoms. The third kappa shape index (κ3) is 3.84. The van der Waals surface area contributed by atoms with Crippen molar-refractivity contribution in [1.29, 1.82) is 0 Å². The van der Waals surface area contributed by atoms with E-state index in [1.807, 2.05) is 0 Å². The Hall–Kier alpha value is 1.24. The Morgan fingerprint density at radius 3 is 2.11 bits per heavy atom. The van der Waals surface area contributed by atoms with E-state index in [0.29, 0.717) is 0 Å². The molecule has 0 saturated heterocycles. The van der Waals surface area contributed by atoms with Gasteiger partial charge in [-0.05, 0) is 0 Å². The standard InChI is InChI=1S/C5H6P.2ClH.Zr/c1-5-3-2-4-6-5;;;/h2,4,6H,1H3;2*1H;/q;;;+2/p-2. The fraction of sp³-hybridized carbons (Fsp3) is 0.200. The van der Waals surface area contributed by atoms with Crippen molar-refractivity contribution in [3.8, 4) is 0 Å². The first-order valence-corrected chi connectivity index (χ1v) is 4.47. The zero-order chi connectivity index (χ0) is 5.28. The SMILES string of the molecule is Cc1[pH]cc[c]1[Zr+2].[Cl-].[Cl-]. The molecule has 1 rings (SSSR count). The van der Waals surface area contributed by atoms with Crippen molar-refractivity contribution in [3.05, 3.63) is 17.2 Å². The van der Waals surface area contributed by atoms with Crippen molar-refractivity contribution in [2.75, 3.05) is 0 Å². The fourth-order valence-electron chi connectivity index (χ4n) is 0.453. The molecular formula is C5H6Cl2PZr. The van der Waals surface area contributed by atoms with Crippen LogP contribution in [0.5, 0.6) is 0 Å². The van der Waals surface area contributed by atoms with Crippen LogP contribution in [-0.4, -0.2) is 0 Å². The fourth-order valence-corrected chi connectivity index (χ4v) is 2.34. The van der Waals surface area contributed by atoms with Crippen molar-refractivity contribution in [1.82, 2.24) is 0 Å². The number of aryl methyl sites for hydroxylation is 1. The smallest absolute Gasteiger partial charge is 1.00 e. The Bertz CT molecular complexity index is 147. The van der Waals surface area contributed by atoms with Gasteiger partial charge in [-0.25, -0.2) is 0 Å². The maximum atomic E-state index is 2.25. The molecule has 0 amide bonds. The molecule has 0 bridgehead atoms. The Morgan fingerprint density at radius 1 is 1.44 bits per heavy atom. The molecule has 0 nitrogen and oxygen atoms in total. The summed E-state index contributed by atoms with van der Waals surface area (Å²) in [5.41, 5.74) is 0. The van der Waals surface area contributed by atoms with E-state index in [1.54, 1.807) is 33.3 Å². The Labute approximate surface area is 84.6 Å². The molecule has 0 fully saturated rings. The molecular weight excluding hydrogens is 253 g/mol. The summed E-state index contributed by atoms with van der Waals surface area (Å²) in [6.07, 6.45) is 0. The van der Waals surface area contributed by atoms with Crippen LogP contribution in [0.1, 0.15) is 5.30 Å². The summed E-state index contributed by atoms with van der Waals surface area (Å²) in [6, 6.07) is 2.23. The maximum Gasteiger partial charge on any atom is -1.00 e. The summed E-state index contributed by atoms with van der Waals surface area (Å²) in [7, 11) is 0.984. The molecule has 0 aliphatic rings. The predicted molar refractivity (Wildman–Crippen MR) is 30.3 cm³/mol. The Balaban J connectivity index is 0. The van der Waals surface area contributed by atoms with Crippen LogP contribution >= 0.6 is 8.19 Å². The zero-order valence-corrected chi connectivity index (χ0v) is 9.88. The van der Waals surface area contributed by atoms with Crippen LogP contribution in [0.25, 0.3) is 0 Å². The van der Waals surface area contributed by atoms with Crippen LogP contribution in [0, 0.1) is 6.92 Å². The number of rotatable bonds is 0. The van der Waals surface area contributed by atoms with Gasteiger partial charge in [0.25, 0.3) is 0 Å². The average molecular weight is 259 g/mol. The van der Waals surface area contributed by atoms with Gasteiger partial charge in [0.2, 0.25) is 0 Å². The van der Waals surface area contributed by atoms with Crippen LogP contribution in [0.4, 0.5) is 0 Å². The number of hydrogen-bond acceptors (Lipinski definition) is 0. The summed E-state index contributed by atoms with van der Waals surface area (Å²) in [5, 5.41) is 1.58. The predicted octanol–water partition coefficient (Wildman–Crippen LogP) is -4.79. The van der Waals surface area contributed by atoms with E-state index in [0.717, 1.165) is 8.19 Å². The van der Waals surface area contributed by atoms with E-state index >= 15 is 0 Å². The minimum atomic E-state index is 0. The van der Waals surface area contributed by atoms with Crippen molar-refractivity contribution >= 4 is 11.5 Å². The van der Waals surface area contributed by atoms with Crippen LogP contribution in [-0.2, 0) is 24.7 Å². The van der Waals surface area contributed by atoms with E-state index in [9.17, 15) is 0 Å². The first-order valence-electron chi connectivity index (χ1n) is 2.16. The monoisotopic (exact) mass is 257 g/mol. The summed E-state index contributed by atoms with van der Waals surface area (Å²) < 4.78 is 1.55. The van der Waals surface area contributed by atoms with Crippen LogP contribution in [0.2, 0.25) is 0 Å². The first-order chi connectivity index (χ1) is 3.30. The summed E-state index contributed by atoms with van der Waals surface area (Å²) >= 11 is 1.56. The van der Waals surface area contributed by atoms with Gasteiger partial charge in [0.05, 0.1) is 0 Å². The normalized spacial score (nSPS) is 8.33. The topological polar surface area (TPSA) is 0 Å². The van der Waals surface area contributed by atoms with Crippen molar-refractivity contribution in [2.24, 2.45) is 0 Å². The second kappa shape index (κ2) is 5.99. The van der Waals surface area contributed by atoms with Crippen molar-refractivity contribution in [2.45, 2.75) is 6.92 Å². The molecule has 49 valence electrons. The van der Waals surface area contributed by atoms with Gasteiger partial charge in [0.15, 0.2) is 0 Å². The molecule has 0 saturated carbocycles. The molecule has 0 spiro atoms. The minimum absolute atomic E-state index is 0. The second-order valence-electron chi connectivity index (χ2n) is 1.52. The maximum absolute atomic E-state index is 2.25. The average Bonchev–Trinajstić information content (AvgIpc) is 1.91. The van der Waals surface area contributed by atoms with Crippen LogP contribution in [0.15, 0.2) is 11.9 Å². The first kappa shape index (κ1) is 12.9. The molecule has 1 heterocycles. The molecule has 0 N–H and O–H groups in total. The molecule has 0 aromatic carbocycles. The summed E-state index contributed by atoms with van der Waals surface area (Å²) in [4.78, 5) is 0. The molecule has 1 unspecified atom stereocenters. The molecule has 1 aromatic heterocycles.